The van der Waals surface area contributed by atoms with E-state index in [0.29, 0.717) is 42.6 Å². The highest BCUT2D eigenvalue weighted by Gasteiger charge is 2.36. The van der Waals surface area contributed by atoms with Gasteiger partial charge >= 0.3 is 12.1 Å². The molecule has 5 nitrogen and oxygen atoms in total. The molecule has 0 radical (unpaired) electrons. The van der Waals surface area contributed by atoms with Crippen LogP contribution in [-0.2, 0) is 14.3 Å². The van der Waals surface area contributed by atoms with E-state index < -0.39 is 5.60 Å². The molecule has 1 aliphatic rings. The Labute approximate surface area is 170 Å². The summed E-state index contributed by atoms with van der Waals surface area (Å²) in [6, 6.07) is 5.41. The quantitative estimate of drug-likeness (QED) is 0.629. The van der Waals surface area contributed by atoms with Crippen molar-refractivity contribution in [2.24, 2.45) is 5.92 Å². The van der Waals surface area contributed by atoms with Gasteiger partial charge in [-0.2, -0.15) is 0 Å². The number of ether oxygens (including phenoxy) is 2. The third-order valence-corrected chi connectivity index (χ3v) is 5.26. The Morgan fingerprint density at radius 1 is 1.15 bits per heavy atom. The fourth-order valence-electron chi connectivity index (χ4n) is 3.29. The fraction of sp³-hybridized carbons (Fsp3) is 0.600. The number of benzene rings is 1. The highest BCUT2D eigenvalue weighted by atomic mass is 35.5. The summed E-state index contributed by atoms with van der Waals surface area (Å²) < 4.78 is 10.8. The number of esters is 1. The highest BCUT2D eigenvalue weighted by molar-refractivity contribution is 6.42. The van der Waals surface area contributed by atoms with Gasteiger partial charge in [-0.05, 0) is 64.2 Å². The SMILES string of the molecule is CCOC(=O)C1CCN(C(=O)OC(C)(C)C)CCC1c1ccc(Cl)c(Cl)c1. The Bertz CT molecular complexity index is 687. The third-order valence-electron chi connectivity index (χ3n) is 4.52. The van der Waals surface area contributed by atoms with Crippen molar-refractivity contribution in [3.05, 3.63) is 33.8 Å². The largest absolute Gasteiger partial charge is 0.466 e. The number of rotatable bonds is 3. The van der Waals surface area contributed by atoms with Gasteiger partial charge < -0.3 is 14.4 Å². The minimum atomic E-state index is -0.562. The predicted octanol–water partition coefficient (Wildman–Crippen LogP) is 5.29. The normalized spacial score (nSPS) is 20.7. The molecule has 0 aromatic heterocycles. The Hall–Kier alpha value is -1.46. The number of nitrogens with zero attached hydrogens (tertiary/aromatic N) is 1. The van der Waals surface area contributed by atoms with Gasteiger partial charge in [0.2, 0.25) is 0 Å². The van der Waals surface area contributed by atoms with E-state index in [1.54, 1.807) is 24.0 Å². The Morgan fingerprint density at radius 2 is 1.81 bits per heavy atom. The molecule has 2 atom stereocenters. The first-order chi connectivity index (χ1) is 12.6. The molecule has 2 rings (SSSR count). The standard InChI is InChI=1S/C20H27Cl2NO4/c1-5-26-18(24)15-9-11-23(19(25)27-20(2,3)4)10-8-14(15)13-6-7-16(21)17(22)12-13/h6-7,12,14-15H,5,8-11H2,1-4H3. The van der Waals surface area contributed by atoms with Gasteiger partial charge in [0.1, 0.15) is 5.60 Å². The summed E-state index contributed by atoms with van der Waals surface area (Å²) in [4.78, 5) is 26.7. The molecule has 0 spiro atoms. The highest BCUT2D eigenvalue weighted by Crippen LogP contribution is 2.37. The van der Waals surface area contributed by atoms with E-state index in [1.807, 2.05) is 26.8 Å². The van der Waals surface area contributed by atoms with Crippen LogP contribution in [0.4, 0.5) is 4.79 Å². The average Bonchev–Trinajstić information content (AvgIpc) is 2.79. The second kappa shape index (κ2) is 9.16. The molecule has 0 N–H and O–H groups in total. The molecule has 1 saturated heterocycles. The van der Waals surface area contributed by atoms with E-state index >= 15 is 0 Å². The summed E-state index contributed by atoms with van der Waals surface area (Å²) in [5.74, 6) is -0.708. The molecular formula is C20H27Cl2NO4. The van der Waals surface area contributed by atoms with Crippen LogP contribution in [0, 0.1) is 5.92 Å². The number of hydrogen-bond acceptors (Lipinski definition) is 4. The van der Waals surface area contributed by atoms with E-state index in [2.05, 4.69) is 0 Å². The molecule has 150 valence electrons. The molecule has 0 saturated carbocycles. The number of hydrogen-bond donors (Lipinski definition) is 0. The van der Waals surface area contributed by atoms with Crippen LogP contribution in [-0.4, -0.2) is 42.3 Å². The van der Waals surface area contributed by atoms with Crippen molar-refractivity contribution in [2.75, 3.05) is 19.7 Å². The summed E-state index contributed by atoms with van der Waals surface area (Å²) in [6.45, 7) is 8.55. The molecule has 2 unspecified atom stereocenters. The number of carbonyl (C=O) groups is 2. The van der Waals surface area contributed by atoms with E-state index in [1.165, 1.54) is 0 Å². The van der Waals surface area contributed by atoms with Crippen LogP contribution in [0.3, 0.4) is 0 Å². The van der Waals surface area contributed by atoms with E-state index in [0.717, 1.165) is 5.56 Å². The van der Waals surface area contributed by atoms with Crippen molar-refractivity contribution in [1.29, 1.82) is 0 Å². The molecule has 1 aliphatic heterocycles. The lowest BCUT2D eigenvalue weighted by molar-refractivity contribution is -0.149. The number of carbonyl (C=O) groups excluding carboxylic acids is 2. The van der Waals surface area contributed by atoms with Gasteiger partial charge in [0.05, 0.1) is 22.6 Å². The van der Waals surface area contributed by atoms with Gasteiger partial charge in [0.25, 0.3) is 0 Å². The molecule has 1 amide bonds. The first-order valence-corrected chi connectivity index (χ1v) is 9.97. The summed E-state index contributed by atoms with van der Waals surface area (Å²) in [5.41, 5.74) is 0.362. The van der Waals surface area contributed by atoms with E-state index in [-0.39, 0.29) is 23.9 Å². The lowest BCUT2D eigenvalue weighted by Crippen LogP contribution is -2.37. The summed E-state index contributed by atoms with van der Waals surface area (Å²) >= 11 is 12.2. The Kier molecular flexibility index (Phi) is 7.40. The topological polar surface area (TPSA) is 55.8 Å². The predicted molar refractivity (Wildman–Crippen MR) is 106 cm³/mol. The first-order valence-electron chi connectivity index (χ1n) is 9.22. The second-order valence-electron chi connectivity index (χ2n) is 7.68. The number of likely N-dealkylation sites (tertiary alicyclic amines) is 1. The number of amides is 1. The maximum atomic E-state index is 12.6. The third kappa shape index (κ3) is 6.01. The summed E-state index contributed by atoms with van der Waals surface area (Å²) in [7, 11) is 0. The summed E-state index contributed by atoms with van der Waals surface area (Å²) in [5, 5.41) is 0.919. The van der Waals surface area contributed by atoms with Crippen molar-refractivity contribution in [3.8, 4) is 0 Å². The Morgan fingerprint density at radius 3 is 2.41 bits per heavy atom. The monoisotopic (exact) mass is 415 g/mol. The number of halogens is 2. The van der Waals surface area contributed by atoms with Crippen LogP contribution in [0.25, 0.3) is 0 Å². The zero-order valence-corrected chi connectivity index (χ0v) is 17.8. The molecule has 1 aromatic rings. The van der Waals surface area contributed by atoms with Gasteiger partial charge in [-0.25, -0.2) is 4.79 Å². The van der Waals surface area contributed by atoms with Gasteiger partial charge in [-0.1, -0.05) is 29.3 Å². The maximum absolute atomic E-state index is 12.6. The van der Waals surface area contributed by atoms with Crippen molar-refractivity contribution in [2.45, 2.75) is 52.1 Å². The maximum Gasteiger partial charge on any atom is 0.410 e. The molecule has 1 heterocycles. The zero-order valence-electron chi connectivity index (χ0n) is 16.3. The fourth-order valence-corrected chi connectivity index (χ4v) is 3.59. The van der Waals surface area contributed by atoms with Crippen LogP contribution in [0.5, 0.6) is 0 Å². The van der Waals surface area contributed by atoms with Crippen LogP contribution >= 0.6 is 23.2 Å². The lowest BCUT2D eigenvalue weighted by Gasteiger charge is -2.26. The second-order valence-corrected chi connectivity index (χ2v) is 8.50. The van der Waals surface area contributed by atoms with Crippen molar-refractivity contribution in [1.82, 2.24) is 4.90 Å². The van der Waals surface area contributed by atoms with Gasteiger partial charge in [-0.3, -0.25) is 4.79 Å². The average molecular weight is 416 g/mol. The van der Waals surface area contributed by atoms with Crippen molar-refractivity contribution >= 4 is 35.3 Å². The smallest absolute Gasteiger partial charge is 0.410 e. The van der Waals surface area contributed by atoms with Crippen LogP contribution in [0.2, 0.25) is 10.0 Å². The molecule has 1 fully saturated rings. The first kappa shape index (κ1) is 21.8. The van der Waals surface area contributed by atoms with Crippen molar-refractivity contribution < 1.29 is 19.1 Å². The lowest BCUT2D eigenvalue weighted by atomic mass is 9.82. The van der Waals surface area contributed by atoms with Gasteiger partial charge in [0, 0.05) is 13.1 Å². The molecule has 1 aromatic carbocycles. The Balaban J connectivity index is 2.25. The van der Waals surface area contributed by atoms with Crippen LogP contribution < -0.4 is 0 Å². The molecule has 0 aliphatic carbocycles. The van der Waals surface area contributed by atoms with E-state index in [9.17, 15) is 9.59 Å². The van der Waals surface area contributed by atoms with Crippen molar-refractivity contribution in [3.63, 3.8) is 0 Å². The zero-order chi connectivity index (χ0) is 20.2. The minimum Gasteiger partial charge on any atom is -0.466 e. The van der Waals surface area contributed by atoms with Gasteiger partial charge in [0.15, 0.2) is 0 Å². The van der Waals surface area contributed by atoms with Crippen LogP contribution in [0.15, 0.2) is 18.2 Å². The summed E-state index contributed by atoms with van der Waals surface area (Å²) in [6.07, 6.45) is 0.754. The molecule has 7 heteroatoms. The molecule has 0 bridgehead atoms. The van der Waals surface area contributed by atoms with Gasteiger partial charge in [-0.15, -0.1) is 0 Å². The van der Waals surface area contributed by atoms with E-state index in [4.69, 9.17) is 32.7 Å². The molecule has 27 heavy (non-hydrogen) atoms. The minimum absolute atomic E-state index is 0.105. The molecular weight excluding hydrogens is 389 g/mol. The van der Waals surface area contributed by atoms with Crippen LogP contribution in [0.1, 0.15) is 52.0 Å².